The molecule has 1 N–H and O–H groups in total. The maximum Gasteiger partial charge on any atom is 0.231 e. The molecule has 1 aliphatic rings. The Kier molecular flexibility index (Phi) is 6.40. The van der Waals surface area contributed by atoms with E-state index in [1.54, 1.807) is 14.2 Å². The molecule has 0 radical (unpaired) electrons. The Hall–Kier alpha value is -3.18. The Morgan fingerprint density at radius 2 is 1.43 bits per heavy atom. The molecule has 0 aromatic heterocycles. The third-order valence-corrected chi connectivity index (χ3v) is 5.42. The number of rotatable bonds is 9. The van der Waals surface area contributed by atoms with Crippen molar-refractivity contribution >= 4 is 0 Å². The molecule has 1 heterocycles. The van der Waals surface area contributed by atoms with E-state index in [2.05, 4.69) is 41.7 Å². The Balaban J connectivity index is 1.45. The van der Waals surface area contributed by atoms with Crippen molar-refractivity contribution in [2.45, 2.75) is 18.9 Å². The first-order valence-corrected chi connectivity index (χ1v) is 10.1. The number of hydrogen-bond acceptors (Lipinski definition) is 5. The van der Waals surface area contributed by atoms with E-state index < -0.39 is 0 Å². The molecule has 0 fully saturated rings. The van der Waals surface area contributed by atoms with Crippen molar-refractivity contribution in [2.24, 2.45) is 0 Å². The van der Waals surface area contributed by atoms with Crippen LogP contribution in [0.25, 0.3) is 0 Å². The minimum atomic E-state index is 0.244. The summed E-state index contributed by atoms with van der Waals surface area (Å²) in [5, 5.41) is 3.56. The van der Waals surface area contributed by atoms with Crippen LogP contribution >= 0.6 is 0 Å². The van der Waals surface area contributed by atoms with Gasteiger partial charge in [-0.1, -0.05) is 30.3 Å². The van der Waals surface area contributed by atoms with Gasteiger partial charge in [0.2, 0.25) is 6.79 Å². The zero-order valence-corrected chi connectivity index (χ0v) is 17.4. The summed E-state index contributed by atoms with van der Waals surface area (Å²) in [6.45, 7) is 1.99. The topological polar surface area (TPSA) is 49.0 Å². The second-order valence-electron chi connectivity index (χ2n) is 7.25. The van der Waals surface area contributed by atoms with E-state index in [1.165, 1.54) is 16.7 Å². The van der Waals surface area contributed by atoms with E-state index in [1.807, 2.05) is 30.3 Å². The molecule has 30 heavy (non-hydrogen) atoms. The fraction of sp³-hybridized carbons (Fsp3) is 0.280. The normalized spacial score (nSPS) is 13.1. The SMILES string of the molecule is COc1ccc(CNCC[C@H](c2ccc(OC)cc2)c2ccc3c(c2)OCO3)cc1. The third-order valence-electron chi connectivity index (χ3n) is 5.42. The molecule has 3 aromatic carbocycles. The Morgan fingerprint density at radius 1 is 0.800 bits per heavy atom. The highest BCUT2D eigenvalue weighted by atomic mass is 16.7. The molecule has 0 aliphatic carbocycles. The fourth-order valence-electron chi connectivity index (χ4n) is 3.71. The molecule has 0 spiro atoms. The average Bonchev–Trinajstić information content (AvgIpc) is 3.27. The first-order chi connectivity index (χ1) is 14.8. The molecule has 5 heteroatoms. The summed E-state index contributed by atoms with van der Waals surface area (Å²) in [6, 6.07) is 22.7. The lowest BCUT2D eigenvalue weighted by Gasteiger charge is -2.19. The lowest BCUT2D eigenvalue weighted by Crippen LogP contribution is -2.17. The van der Waals surface area contributed by atoms with Gasteiger partial charge in [0.25, 0.3) is 0 Å². The molecule has 4 rings (SSSR count). The van der Waals surface area contributed by atoms with Gasteiger partial charge in [0.05, 0.1) is 14.2 Å². The van der Waals surface area contributed by atoms with Crippen LogP contribution in [0.3, 0.4) is 0 Å². The minimum absolute atomic E-state index is 0.244. The van der Waals surface area contributed by atoms with Crippen LogP contribution in [0.1, 0.15) is 29.0 Å². The molecule has 0 amide bonds. The number of nitrogens with one attached hydrogen (secondary N) is 1. The van der Waals surface area contributed by atoms with E-state index in [-0.39, 0.29) is 12.7 Å². The zero-order chi connectivity index (χ0) is 20.8. The van der Waals surface area contributed by atoms with Crippen molar-refractivity contribution in [3.8, 4) is 23.0 Å². The number of hydrogen-bond donors (Lipinski definition) is 1. The molecule has 0 saturated carbocycles. The van der Waals surface area contributed by atoms with Gasteiger partial charge in [0.15, 0.2) is 11.5 Å². The summed E-state index contributed by atoms with van der Waals surface area (Å²) in [7, 11) is 3.37. The monoisotopic (exact) mass is 405 g/mol. The molecule has 0 saturated heterocycles. The summed E-state index contributed by atoms with van der Waals surface area (Å²) in [5.41, 5.74) is 3.71. The summed E-state index contributed by atoms with van der Waals surface area (Å²) in [6.07, 6.45) is 0.960. The second kappa shape index (κ2) is 9.55. The first kappa shape index (κ1) is 20.1. The van der Waals surface area contributed by atoms with Crippen LogP contribution in [0.2, 0.25) is 0 Å². The van der Waals surface area contributed by atoms with E-state index in [4.69, 9.17) is 18.9 Å². The maximum absolute atomic E-state index is 5.60. The molecule has 3 aromatic rings. The summed E-state index contributed by atoms with van der Waals surface area (Å²) in [5.74, 6) is 3.61. The highest BCUT2D eigenvalue weighted by Gasteiger charge is 2.19. The highest BCUT2D eigenvalue weighted by Crippen LogP contribution is 2.37. The van der Waals surface area contributed by atoms with Crippen LogP contribution < -0.4 is 24.3 Å². The van der Waals surface area contributed by atoms with Gasteiger partial charge in [-0.15, -0.1) is 0 Å². The van der Waals surface area contributed by atoms with Crippen molar-refractivity contribution in [1.82, 2.24) is 5.32 Å². The Bertz CT molecular complexity index is 954. The molecule has 1 aliphatic heterocycles. The highest BCUT2D eigenvalue weighted by molar-refractivity contribution is 5.47. The Morgan fingerprint density at radius 3 is 2.13 bits per heavy atom. The fourth-order valence-corrected chi connectivity index (χ4v) is 3.71. The summed E-state index contributed by atoms with van der Waals surface area (Å²) >= 11 is 0. The van der Waals surface area contributed by atoms with Crippen LogP contribution in [0.5, 0.6) is 23.0 Å². The number of methoxy groups -OCH3 is 2. The van der Waals surface area contributed by atoms with Crippen molar-refractivity contribution in [3.05, 3.63) is 83.4 Å². The van der Waals surface area contributed by atoms with Crippen LogP contribution in [-0.4, -0.2) is 27.6 Å². The lowest BCUT2D eigenvalue weighted by molar-refractivity contribution is 0.174. The quantitative estimate of drug-likeness (QED) is 0.521. The van der Waals surface area contributed by atoms with Crippen molar-refractivity contribution in [2.75, 3.05) is 27.6 Å². The molecule has 156 valence electrons. The van der Waals surface area contributed by atoms with Gasteiger partial charge in [-0.05, 0) is 66.1 Å². The van der Waals surface area contributed by atoms with E-state index in [0.717, 1.165) is 42.5 Å². The van der Waals surface area contributed by atoms with Gasteiger partial charge in [-0.25, -0.2) is 0 Å². The smallest absolute Gasteiger partial charge is 0.231 e. The Labute approximate surface area is 177 Å². The van der Waals surface area contributed by atoms with E-state index >= 15 is 0 Å². The summed E-state index contributed by atoms with van der Waals surface area (Å²) in [4.78, 5) is 0. The molecule has 1 atom stereocenters. The standard InChI is InChI=1S/C25H27NO4/c1-27-21-8-3-18(4-9-21)16-26-14-13-23(19-5-10-22(28-2)11-6-19)20-7-12-24-25(15-20)30-17-29-24/h3-12,15,23,26H,13-14,16-17H2,1-2H3/t23-/m1/s1. The molecular weight excluding hydrogens is 378 g/mol. The second-order valence-corrected chi connectivity index (χ2v) is 7.25. The predicted octanol–water partition coefficient (Wildman–Crippen LogP) is 4.74. The predicted molar refractivity (Wildman–Crippen MR) is 117 cm³/mol. The molecule has 0 unspecified atom stereocenters. The lowest BCUT2D eigenvalue weighted by atomic mass is 9.88. The number of benzene rings is 3. The first-order valence-electron chi connectivity index (χ1n) is 10.1. The largest absolute Gasteiger partial charge is 0.497 e. The van der Waals surface area contributed by atoms with Crippen molar-refractivity contribution in [1.29, 1.82) is 0 Å². The van der Waals surface area contributed by atoms with Crippen LogP contribution in [0, 0.1) is 0 Å². The molecule has 0 bridgehead atoms. The van der Waals surface area contributed by atoms with Crippen molar-refractivity contribution < 1.29 is 18.9 Å². The molecule has 5 nitrogen and oxygen atoms in total. The van der Waals surface area contributed by atoms with Gasteiger partial charge in [-0.2, -0.15) is 0 Å². The minimum Gasteiger partial charge on any atom is -0.497 e. The maximum atomic E-state index is 5.60. The van der Waals surface area contributed by atoms with Gasteiger partial charge in [-0.3, -0.25) is 0 Å². The van der Waals surface area contributed by atoms with Crippen LogP contribution in [0.4, 0.5) is 0 Å². The number of fused-ring (bicyclic) bond motifs is 1. The van der Waals surface area contributed by atoms with E-state index in [0.29, 0.717) is 0 Å². The van der Waals surface area contributed by atoms with Crippen molar-refractivity contribution in [3.63, 3.8) is 0 Å². The molecular formula is C25H27NO4. The van der Waals surface area contributed by atoms with Gasteiger partial charge in [0.1, 0.15) is 11.5 Å². The van der Waals surface area contributed by atoms with E-state index in [9.17, 15) is 0 Å². The average molecular weight is 405 g/mol. The zero-order valence-electron chi connectivity index (χ0n) is 17.4. The van der Waals surface area contributed by atoms with Crippen LogP contribution in [0.15, 0.2) is 66.7 Å². The summed E-state index contributed by atoms with van der Waals surface area (Å²) < 4.78 is 21.6. The van der Waals surface area contributed by atoms with Gasteiger partial charge < -0.3 is 24.3 Å². The van der Waals surface area contributed by atoms with Crippen LogP contribution in [-0.2, 0) is 6.54 Å². The number of ether oxygens (including phenoxy) is 4. The third kappa shape index (κ3) is 4.69. The van der Waals surface area contributed by atoms with Gasteiger partial charge >= 0.3 is 0 Å². The van der Waals surface area contributed by atoms with Gasteiger partial charge in [0, 0.05) is 12.5 Å².